The average Bonchev–Trinajstić information content (AvgIpc) is 2.69. The molecule has 0 bridgehead atoms. The number of benzene rings is 1. The number of hydrogen-bond donors (Lipinski definition) is 2. The van der Waals surface area contributed by atoms with Crippen molar-refractivity contribution in [1.82, 2.24) is 15.2 Å². The van der Waals surface area contributed by atoms with E-state index in [9.17, 15) is 0 Å². The van der Waals surface area contributed by atoms with Crippen molar-refractivity contribution in [3.05, 3.63) is 51.8 Å². The summed E-state index contributed by atoms with van der Waals surface area (Å²) in [5, 5.41) is 4.22. The highest BCUT2D eigenvalue weighted by Gasteiger charge is 2.18. The maximum Gasteiger partial charge on any atom is 0.0709 e. The molecule has 0 amide bonds. The first-order valence-electron chi connectivity index (χ1n) is 5.81. The molecule has 3 N–H and O–H groups in total. The minimum absolute atomic E-state index is 0.0352. The highest BCUT2D eigenvalue weighted by molar-refractivity contribution is 9.10. The lowest BCUT2D eigenvalue weighted by Crippen LogP contribution is -2.31. The molecule has 0 aliphatic heterocycles. The van der Waals surface area contributed by atoms with Gasteiger partial charge in [-0.15, -0.1) is 0 Å². The van der Waals surface area contributed by atoms with E-state index in [2.05, 4.69) is 45.5 Å². The minimum atomic E-state index is 0.0352. The van der Waals surface area contributed by atoms with Crippen LogP contribution in [0.25, 0.3) is 0 Å². The van der Waals surface area contributed by atoms with Crippen LogP contribution in [-0.2, 0) is 13.5 Å². The molecule has 0 radical (unpaired) electrons. The molecule has 1 heterocycles. The Morgan fingerprint density at radius 3 is 2.72 bits per heavy atom. The Labute approximate surface area is 115 Å². The number of nitrogens with one attached hydrogen (secondary N) is 1. The summed E-state index contributed by atoms with van der Waals surface area (Å²) in [4.78, 5) is 0. The van der Waals surface area contributed by atoms with Gasteiger partial charge < -0.3 is 0 Å². The van der Waals surface area contributed by atoms with Crippen molar-refractivity contribution in [1.29, 1.82) is 0 Å². The highest BCUT2D eigenvalue weighted by Crippen LogP contribution is 2.25. The second kappa shape index (κ2) is 5.65. The Hall–Kier alpha value is -1.17. The minimum Gasteiger partial charge on any atom is -0.271 e. The van der Waals surface area contributed by atoms with Crippen molar-refractivity contribution in [2.24, 2.45) is 12.9 Å². The average molecular weight is 309 g/mol. The predicted octanol–water partition coefficient (Wildman–Crippen LogP) is 2.24. The Morgan fingerprint density at radius 1 is 1.44 bits per heavy atom. The van der Waals surface area contributed by atoms with Crippen LogP contribution in [-0.4, -0.2) is 9.78 Å². The van der Waals surface area contributed by atoms with Crippen LogP contribution in [0.3, 0.4) is 0 Å². The van der Waals surface area contributed by atoms with E-state index >= 15 is 0 Å². The maximum atomic E-state index is 5.69. The number of aromatic nitrogens is 2. The molecule has 0 saturated heterocycles. The smallest absolute Gasteiger partial charge is 0.0709 e. The highest BCUT2D eigenvalue weighted by atomic mass is 79.9. The second-order valence-electron chi connectivity index (χ2n) is 4.35. The van der Waals surface area contributed by atoms with Crippen LogP contribution in [0, 0.1) is 6.92 Å². The van der Waals surface area contributed by atoms with Gasteiger partial charge in [0.25, 0.3) is 0 Å². The van der Waals surface area contributed by atoms with Crippen molar-refractivity contribution in [3.8, 4) is 0 Å². The predicted molar refractivity (Wildman–Crippen MR) is 75.9 cm³/mol. The number of hydrazine groups is 1. The van der Waals surface area contributed by atoms with E-state index < -0.39 is 0 Å². The fraction of sp³-hybridized carbons (Fsp3) is 0.308. The zero-order valence-corrected chi connectivity index (χ0v) is 12.1. The van der Waals surface area contributed by atoms with Crippen LogP contribution >= 0.6 is 15.9 Å². The standard InChI is InChI=1S/C13H17BrN4/c1-9-5-3-4-6-10(9)7-12(17-15)13-11(14)8-16-18(13)2/h3-6,8,12,17H,7,15H2,1-2H3. The third kappa shape index (κ3) is 2.63. The monoisotopic (exact) mass is 308 g/mol. The first-order chi connectivity index (χ1) is 8.63. The van der Waals surface area contributed by atoms with E-state index in [1.54, 1.807) is 6.20 Å². The van der Waals surface area contributed by atoms with Gasteiger partial charge in [-0.05, 0) is 40.4 Å². The first kappa shape index (κ1) is 13.3. The summed E-state index contributed by atoms with van der Waals surface area (Å²) in [7, 11) is 1.92. The van der Waals surface area contributed by atoms with Crippen molar-refractivity contribution < 1.29 is 0 Å². The second-order valence-corrected chi connectivity index (χ2v) is 5.21. The third-order valence-electron chi connectivity index (χ3n) is 3.15. The van der Waals surface area contributed by atoms with Crippen LogP contribution in [0.5, 0.6) is 0 Å². The van der Waals surface area contributed by atoms with Crippen LogP contribution in [0.1, 0.15) is 22.9 Å². The van der Waals surface area contributed by atoms with Gasteiger partial charge in [0.1, 0.15) is 0 Å². The molecule has 2 aromatic rings. The number of nitrogens with two attached hydrogens (primary N) is 1. The molecule has 1 atom stereocenters. The van der Waals surface area contributed by atoms with Crippen LogP contribution in [0.4, 0.5) is 0 Å². The number of rotatable bonds is 4. The first-order valence-corrected chi connectivity index (χ1v) is 6.60. The van der Waals surface area contributed by atoms with Crippen molar-refractivity contribution >= 4 is 15.9 Å². The quantitative estimate of drug-likeness (QED) is 0.673. The van der Waals surface area contributed by atoms with Gasteiger partial charge in [-0.25, -0.2) is 0 Å². The lowest BCUT2D eigenvalue weighted by molar-refractivity contribution is 0.506. The number of halogens is 1. The van der Waals surface area contributed by atoms with Crippen LogP contribution in [0.15, 0.2) is 34.9 Å². The van der Waals surface area contributed by atoms with E-state index in [0.717, 1.165) is 16.6 Å². The normalized spacial score (nSPS) is 12.7. The molecule has 0 saturated carbocycles. The van der Waals surface area contributed by atoms with E-state index in [0.29, 0.717) is 0 Å². The van der Waals surface area contributed by atoms with Crippen LogP contribution in [0.2, 0.25) is 0 Å². The van der Waals surface area contributed by atoms with Gasteiger partial charge >= 0.3 is 0 Å². The zero-order valence-electron chi connectivity index (χ0n) is 10.5. The van der Waals surface area contributed by atoms with Gasteiger partial charge in [0, 0.05) is 7.05 Å². The van der Waals surface area contributed by atoms with Crippen molar-refractivity contribution in [2.75, 3.05) is 0 Å². The zero-order chi connectivity index (χ0) is 13.1. The Morgan fingerprint density at radius 2 is 2.17 bits per heavy atom. The molecule has 96 valence electrons. The Kier molecular flexibility index (Phi) is 4.16. The Balaban J connectivity index is 2.28. The molecule has 2 rings (SSSR count). The van der Waals surface area contributed by atoms with Gasteiger partial charge in [0.05, 0.1) is 22.4 Å². The molecule has 4 nitrogen and oxygen atoms in total. The Bertz CT molecular complexity index is 516. The molecule has 0 aliphatic rings. The fourth-order valence-electron chi connectivity index (χ4n) is 2.11. The number of aryl methyl sites for hydroxylation is 2. The lowest BCUT2D eigenvalue weighted by atomic mass is 10.00. The summed E-state index contributed by atoms with van der Waals surface area (Å²) in [6, 6.07) is 8.37. The molecule has 5 heteroatoms. The van der Waals surface area contributed by atoms with Gasteiger partial charge in [-0.3, -0.25) is 16.0 Å². The molecule has 0 fully saturated rings. The number of hydrogen-bond acceptors (Lipinski definition) is 3. The molecule has 1 unspecified atom stereocenters. The maximum absolute atomic E-state index is 5.69. The van der Waals surface area contributed by atoms with Crippen LogP contribution < -0.4 is 11.3 Å². The van der Waals surface area contributed by atoms with E-state index in [1.807, 2.05) is 23.9 Å². The molecular weight excluding hydrogens is 292 g/mol. The SMILES string of the molecule is Cc1ccccc1CC(NN)c1c(Br)cnn1C. The summed E-state index contributed by atoms with van der Waals surface area (Å²) < 4.78 is 2.81. The summed E-state index contributed by atoms with van der Waals surface area (Å²) in [5.74, 6) is 5.69. The fourth-order valence-corrected chi connectivity index (χ4v) is 2.73. The lowest BCUT2D eigenvalue weighted by Gasteiger charge is -2.18. The van der Waals surface area contributed by atoms with Crippen molar-refractivity contribution in [2.45, 2.75) is 19.4 Å². The van der Waals surface area contributed by atoms with Gasteiger partial charge in [-0.1, -0.05) is 24.3 Å². The molecular formula is C13H17BrN4. The van der Waals surface area contributed by atoms with Gasteiger partial charge in [0.15, 0.2) is 0 Å². The van der Waals surface area contributed by atoms with E-state index in [-0.39, 0.29) is 6.04 Å². The number of nitrogens with zero attached hydrogens (tertiary/aromatic N) is 2. The summed E-state index contributed by atoms with van der Waals surface area (Å²) >= 11 is 3.51. The molecule has 1 aromatic heterocycles. The van der Waals surface area contributed by atoms with Crippen molar-refractivity contribution in [3.63, 3.8) is 0 Å². The summed E-state index contributed by atoms with van der Waals surface area (Å²) in [6.07, 6.45) is 2.62. The van der Waals surface area contributed by atoms with Gasteiger partial charge in [0.2, 0.25) is 0 Å². The van der Waals surface area contributed by atoms with Gasteiger partial charge in [-0.2, -0.15) is 5.10 Å². The molecule has 0 aliphatic carbocycles. The third-order valence-corrected chi connectivity index (χ3v) is 3.77. The van der Waals surface area contributed by atoms with E-state index in [1.165, 1.54) is 11.1 Å². The topological polar surface area (TPSA) is 55.9 Å². The molecule has 0 spiro atoms. The summed E-state index contributed by atoms with van der Waals surface area (Å²) in [6.45, 7) is 2.11. The van der Waals surface area contributed by atoms with E-state index in [4.69, 9.17) is 5.84 Å². The summed E-state index contributed by atoms with van der Waals surface area (Å²) in [5.41, 5.74) is 6.49. The molecule has 18 heavy (non-hydrogen) atoms. The molecule has 1 aromatic carbocycles. The largest absolute Gasteiger partial charge is 0.271 e.